The highest BCUT2D eigenvalue weighted by Crippen LogP contribution is 2.31. The van der Waals surface area contributed by atoms with Gasteiger partial charge in [-0.1, -0.05) is 56.7 Å². The molecule has 1 amide bonds. The van der Waals surface area contributed by atoms with Crippen LogP contribution in [0, 0.1) is 6.92 Å². The number of carbonyl (C=O) groups is 1. The smallest absolute Gasteiger partial charge is 0.277 e. The van der Waals surface area contributed by atoms with E-state index in [2.05, 4.69) is 47.2 Å². The van der Waals surface area contributed by atoms with Crippen molar-refractivity contribution in [3.63, 3.8) is 0 Å². The third-order valence-electron chi connectivity index (χ3n) is 3.60. The van der Waals surface area contributed by atoms with E-state index in [0.29, 0.717) is 5.75 Å². The average molecular weight is 403 g/mol. The van der Waals surface area contributed by atoms with Gasteiger partial charge in [0.05, 0.1) is 10.7 Å². The predicted molar refractivity (Wildman–Crippen MR) is 105 cm³/mol. The zero-order valence-electron chi connectivity index (χ0n) is 15.0. The van der Waals surface area contributed by atoms with Crippen LogP contribution in [-0.4, -0.2) is 18.7 Å². The van der Waals surface area contributed by atoms with Gasteiger partial charge in [0, 0.05) is 0 Å². The fourth-order valence-corrected chi connectivity index (χ4v) is 2.68. The van der Waals surface area contributed by atoms with E-state index < -0.39 is 0 Å². The van der Waals surface area contributed by atoms with Crippen molar-refractivity contribution in [2.75, 3.05) is 6.61 Å². The summed E-state index contributed by atoms with van der Waals surface area (Å²) in [6, 6.07) is 13.8. The number of aryl methyl sites for hydroxylation is 1. The molecule has 2 rings (SSSR count). The number of hydrogen-bond donors (Lipinski definition) is 1. The molecule has 0 radical (unpaired) electrons. The summed E-state index contributed by atoms with van der Waals surface area (Å²) in [5.41, 5.74) is 5.79. The predicted octanol–water partition coefficient (Wildman–Crippen LogP) is 4.58. The molecule has 0 aliphatic rings. The van der Waals surface area contributed by atoms with E-state index in [1.54, 1.807) is 6.21 Å². The van der Waals surface area contributed by atoms with Crippen molar-refractivity contribution in [2.45, 2.75) is 33.1 Å². The molecule has 0 unspecified atom stereocenters. The standard InChI is InChI=1S/C20H23BrN2O2/c1-14-6-5-7-15(10-14)12-22-23-19(24)13-25-18-9-8-16(11-17(18)21)20(2,3)4/h5-12H,13H2,1-4H3,(H,23,24)/b22-12-. The second-order valence-electron chi connectivity index (χ2n) is 6.89. The van der Waals surface area contributed by atoms with Crippen LogP contribution in [0.4, 0.5) is 0 Å². The molecule has 0 fully saturated rings. The Labute approximate surface area is 157 Å². The Hall–Kier alpha value is -2.14. The van der Waals surface area contributed by atoms with Gasteiger partial charge in [-0.2, -0.15) is 5.10 Å². The summed E-state index contributed by atoms with van der Waals surface area (Å²) in [4.78, 5) is 11.8. The van der Waals surface area contributed by atoms with Crippen LogP contribution in [0.2, 0.25) is 0 Å². The number of hydrazone groups is 1. The SMILES string of the molecule is Cc1cccc(/C=N\NC(=O)COc2ccc(C(C)(C)C)cc2Br)c1. The quantitative estimate of drug-likeness (QED) is 0.587. The fourth-order valence-electron chi connectivity index (χ4n) is 2.19. The van der Waals surface area contributed by atoms with E-state index in [1.165, 1.54) is 5.56 Å². The van der Waals surface area contributed by atoms with Crippen molar-refractivity contribution in [1.82, 2.24) is 5.43 Å². The number of ether oxygens (including phenoxy) is 1. The van der Waals surface area contributed by atoms with Gasteiger partial charge < -0.3 is 4.74 Å². The van der Waals surface area contributed by atoms with Gasteiger partial charge in [0.1, 0.15) is 5.75 Å². The molecule has 2 aromatic carbocycles. The third kappa shape index (κ3) is 6.02. The Balaban J connectivity index is 1.88. The van der Waals surface area contributed by atoms with E-state index in [0.717, 1.165) is 15.6 Å². The van der Waals surface area contributed by atoms with Crippen molar-refractivity contribution >= 4 is 28.1 Å². The Morgan fingerprint density at radius 2 is 2.00 bits per heavy atom. The number of halogens is 1. The normalized spacial score (nSPS) is 11.6. The molecule has 2 aromatic rings. The molecule has 0 atom stereocenters. The summed E-state index contributed by atoms with van der Waals surface area (Å²) in [5, 5.41) is 3.95. The van der Waals surface area contributed by atoms with Gasteiger partial charge in [0.15, 0.2) is 6.61 Å². The number of amides is 1. The molecule has 25 heavy (non-hydrogen) atoms. The molecule has 4 nitrogen and oxygen atoms in total. The van der Waals surface area contributed by atoms with Crippen molar-refractivity contribution in [3.8, 4) is 5.75 Å². The number of nitrogens with one attached hydrogen (secondary N) is 1. The number of hydrogen-bond acceptors (Lipinski definition) is 3. The number of nitrogens with zero attached hydrogens (tertiary/aromatic N) is 1. The minimum Gasteiger partial charge on any atom is -0.483 e. The van der Waals surface area contributed by atoms with E-state index in [9.17, 15) is 4.79 Å². The summed E-state index contributed by atoms with van der Waals surface area (Å²) in [7, 11) is 0. The summed E-state index contributed by atoms with van der Waals surface area (Å²) in [6.45, 7) is 8.35. The van der Waals surface area contributed by atoms with E-state index in [-0.39, 0.29) is 17.9 Å². The molecule has 1 N–H and O–H groups in total. The first-order valence-electron chi connectivity index (χ1n) is 8.07. The maximum Gasteiger partial charge on any atom is 0.277 e. The van der Waals surface area contributed by atoms with Crippen LogP contribution in [0.5, 0.6) is 5.75 Å². The lowest BCUT2D eigenvalue weighted by atomic mass is 9.87. The minimum atomic E-state index is -0.310. The van der Waals surface area contributed by atoms with Crippen LogP contribution in [0.3, 0.4) is 0 Å². The van der Waals surface area contributed by atoms with Gasteiger partial charge in [-0.3, -0.25) is 4.79 Å². The fraction of sp³-hybridized carbons (Fsp3) is 0.300. The van der Waals surface area contributed by atoms with Crippen LogP contribution in [0.15, 0.2) is 52.0 Å². The molecule has 132 valence electrons. The van der Waals surface area contributed by atoms with Crippen LogP contribution in [0.1, 0.15) is 37.5 Å². The van der Waals surface area contributed by atoms with E-state index >= 15 is 0 Å². The second-order valence-corrected chi connectivity index (χ2v) is 7.75. The average Bonchev–Trinajstić information content (AvgIpc) is 2.53. The number of benzene rings is 2. The largest absolute Gasteiger partial charge is 0.483 e. The number of carbonyl (C=O) groups excluding carboxylic acids is 1. The van der Waals surface area contributed by atoms with Gasteiger partial charge in [0.2, 0.25) is 0 Å². The molecule has 0 aliphatic heterocycles. The van der Waals surface area contributed by atoms with E-state index in [1.807, 2.05) is 49.4 Å². The highest BCUT2D eigenvalue weighted by Gasteiger charge is 2.15. The zero-order chi connectivity index (χ0) is 18.4. The van der Waals surface area contributed by atoms with Crippen molar-refractivity contribution in [1.29, 1.82) is 0 Å². The molecule has 0 bridgehead atoms. The Morgan fingerprint density at radius 1 is 1.24 bits per heavy atom. The monoisotopic (exact) mass is 402 g/mol. The molecular formula is C20H23BrN2O2. The summed E-state index contributed by atoms with van der Waals surface area (Å²) >= 11 is 3.49. The first-order valence-corrected chi connectivity index (χ1v) is 8.86. The summed E-state index contributed by atoms with van der Waals surface area (Å²) < 4.78 is 6.38. The van der Waals surface area contributed by atoms with Crippen LogP contribution in [0.25, 0.3) is 0 Å². The van der Waals surface area contributed by atoms with Crippen molar-refractivity contribution < 1.29 is 9.53 Å². The molecular weight excluding hydrogens is 380 g/mol. The Morgan fingerprint density at radius 3 is 2.64 bits per heavy atom. The summed E-state index contributed by atoms with van der Waals surface area (Å²) in [5.74, 6) is 0.321. The van der Waals surface area contributed by atoms with Gasteiger partial charge in [-0.25, -0.2) is 5.43 Å². The molecule has 0 saturated heterocycles. The Bertz CT molecular complexity index is 780. The first-order chi connectivity index (χ1) is 11.8. The zero-order valence-corrected chi connectivity index (χ0v) is 16.6. The summed E-state index contributed by atoms with van der Waals surface area (Å²) in [6.07, 6.45) is 1.61. The minimum absolute atomic E-state index is 0.0585. The molecule has 5 heteroatoms. The molecule has 0 spiro atoms. The highest BCUT2D eigenvalue weighted by atomic mass is 79.9. The van der Waals surface area contributed by atoms with Crippen LogP contribution >= 0.6 is 15.9 Å². The first kappa shape index (κ1) is 19.2. The number of rotatable bonds is 5. The topological polar surface area (TPSA) is 50.7 Å². The highest BCUT2D eigenvalue weighted by molar-refractivity contribution is 9.10. The Kier molecular flexibility index (Phi) is 6.37. The van der Waals surface area contributed by atoms with Gasteiger partial charge in [-0.05, 0) is 51.5 Å². The second kappa shape index (κ2) is 8.30. The van der Waals surface area contributed by atoms with Crippen molar-refractivity contribution in [3.05, 3.63) is 63.6 Å². The maximum atomic E-state index is 11.8. The lowest BCUT2D eigenvalue weighted by Crippen LogP contribution is -2.24. The van der Waals surface area contributed by atoms with Gasteiger partial charge >= 0.3 is 0 Å². The lowest BCUT2D eigenvalue weighted by molar-refractivity contribution is -0.123. The van der Waals surface area contributed by atoms with Crippen LogP contribution in [-0.2, 0) is 10.2 Å². The lowest BCUT2D eigenvalue weighted by Gasteiger charge is -2.20. The molecule has 0 aromatic heterocycles. The van der Waals surface area contributed by atoms with Crippen LogP contribution < -0.4 is 10.2 Å². The van der Waals surface area contributed by atoms with Gasteiger partial charge in [-0.15, -0.1) is 0 Å². The molecule has 0 aliphatic carbocycles. The third-order valence-corrected chi connectivity index (χ3v) is 4.22. The van der Waals surface area contributed by atoms with Crippen molar-refractivity contribution in [2.24, 2.45) is 5.10 Å². The maximum absolute atomic E-state index is 11.8. The molecule has 0 heterocycles. The van der Waals surface area contributed by atoms with Gasteiger partial charge in [0.25, 0.3) is 5.91 Å². The molecule has 0 saturated carbocycles. The van der Waals surface area contributed by atoms with E-state index in [4.69, 9.17) is 4.74 Å².